The highest BCUT2D eigenvalue weighted by Crippen LogP contribution is 2.23. The summed E-state index contributed by atoms with van der Waals surface area (Å²) >= 11 is 0. The van der Waals surface area contributed by atoms with Crippen LogP contribution in [0.1, 0.15) is 32.4 Å². The van der Waals surface area contributed by atoms with Gasteiger partial charge in [0.05, 0.1) is 18.6 Å². The summed E-state index contributed by atoms with van der Waals surface area (Å²) < 4.78 is 5.19. The Morgan fingerprint density at radius 1 is 1.35 bits per heavy atom. The molecule has 2 atom stereocenters. The molecule has 1 aromatic rings. The van der Waals surface area contributed by atoms with Crippen molar-refractivity contribution in [1.29, 1.82) is 5.26 Å². The number of likely N-dealkylation sites (N-methyl/N-ethyl adjacent to an activating group) is 1. The van der Waals surface area contributed by atoms with Gasteiger partial charge in [0.15, 0.2) is 0 Å². The Kier molecular flexibility index (Phi) is 6.75. The molecule has 2 unspecified atom stereocenters. The monoisotopic (exact) mass is 274 g/mol. The summed E-state index contributed by atoms with van der Waals surface area (Å²) in [6.45, 7) is 7.23. The normalized spacial score (nSPS) is 13.6. The minimum atomic E-state index is -0.447. The Bertz CT molecular complexity index is 453. The van der Waals surface area contributed by atoms with Crippen LogP contribution in [0.25, 0.3) is 0 Å². The molecule has 0 saturated heterocycles. The first-order chi connectivity index (χ1) is 9.63. The average Bonchev–Trinajstić information content (AvgIpc) is 2.47. The number of benzene rings is 1. The third kappa shape index (κ3) is 4.36. The molecule has 0 N–H and O–H groups in total. The van der Waals surface area contributed by atoms with Crippen molar-refractivity contribution < 1.29 is 9.53 Å². The summed E-state index contributed by atoms with van der Waals surface area (Å²) in [6, 6.07) is 11.3. The molecule has 0 spiro atoms. The van der Waals surface area contributed by atoms with Gasteiger partial charge in [0.2, 0.25) is 0 Å². The Balaban J connectivity index is 3.02. The number of ether oxygens (including phenoxy) is 1. The molecule has 0 aliphatic heterocycles. The van der Waals surface area contributed by atoms with Crippen LogP contribution in [0.15, 0.2) is 30.3 Å². The zero-order chi connectivity index (χ0) is 15.0. The Morgan fingerprint density at radius 2 is 2.00 bits per heavy atom. The number of rotatable bonds is 7. The van der Waals surface area contributed by atoms with E-state index in [1.807, 2.05) is 49.1 Å². The van der Waals surface area contributed by atoms with E-state index in [1.165, 1.54) is 0 Å². The second-order valence-corrected chi connectivity index (χ2v) is 4.68. The topological polar surface area (TPSA) is 53.3 Å². The zero-order valence-electron chi connectivity index (χ0n) is 12.4. The van der Waals surface area contributed by atoms with Crippen molar-refractivity contribution in [2.24, 2.45) is 5.92 Å². The highest BCUT2D eigenvalue weighted by molar-refractivity contribution is 5.77. The van der Waals surface area contributed by atoms with E-state index in [-0.39, 0.29) is 11.9 Å². The van der Waals surface area contributed by atoms with Gasteiger partial charge in [-0.2, -0.15) is 5.26 Å². The number of nitriles is 1. The molecule has 0 aliphatic rings. The third-order valence-electron chi connectivity index (χ3n) is 3.13. The summed E-state index contributed by atoms with van der Waals surface area (Å²) in [5, 5.41) is 8.98. The summed E-state index contributed by atoms with van der Waals surface area (Å²) in [7, 11) is 0. The van der Waals surface area contributed by atoms with E-state index in [1.54, 1.807) is 6.92 Å². The van der Waals surface area contributed by atoms with Crippen LogP contribution < -0.4 is 0 Å². The number of carbonyl (C=O) groups excluding carboxylic acids is 1. The third-order valence-corrected chi connectivity index (χ3v) is 3.13. The lowest BCUT2D eigenvalue weighted by atomic mass is 10.0. The minimum absolute atomic E-state index is 0.129. The first kappa shape index (κ1) is 16.2. The van der Waals surface area contributed by atoms with Gasteiger partial charge in [0.25, 0.3) is 0 Å². The maximum atomic E-state index is 12.3. The summed E-state index contributed by atoms with van der Waals surface area (Å²) in [5.41, 5.74) is 0.901. The molecule has 0 radical (unpaired) electrons. The first-order valence-corrected chi connectivity index (χ1v) is 6.99. The Hall–Kier alpha value is -1.86. The van der Waals surface area contributed by atoms with Gasteiger partial charge in [-0.1, -0.05) is 37.3 Å². The molecule has 0 aromatic heterocycles. The van der Waals surface area contributed by atoms with Gasteiger partial charge < -0.3 is 4.74 Å². The predicted octanol–water partition coefficient (Wildman–Crippen LogP) is 2.77. The lowest BCUT2D eigenvalue weighted by molar-refractivity contribution is -0.150. The van der Waals surface area contributed by atoms with Gasteiger partial charge in [0, 0.05) is 6.54 Å². The van der Waals surface area contributed by atoms with Crippen LogP contribution in [-0.4, -0.2) is 30.6 Å². The van der Waals surface area contributed by atoms with Gasteiger partial charge in [-0.05, 0) is 26.0 Å². The molecule has 108 valence electrons. The highest BCUT2D eigenvalue weighted by Gasteiger charge is 2.28. The first-order valence-electron chi connectivity index (χ1n) is 6.99. The average molecular weight is 274 g/mol. The molecule has 0 saturated carbocycles. The molecule has 1 aromatic carbocycles. The van der Waals surface area contributed by atoms with E-state index in [0.717, 1.165) is 5.56 Å². The lowest BCUT2D eigenvalue weighted by Gasteiger charge is -2.30. The van der Waals surface area contributed by atoms with E-state index >= 15 is 0 Å². The quantitative estimate of drug-likeness (QED) is 0.717. The fourth-order valence-electron chi connectivity index (χ4n) is 2.16. The SMILES string of the molecule is CCOC(=O)C(c1ccccc1)N(CC)CC(C)C#N. The van der Waals surface area contributed by atoms with Crippen molar-refractivity contribution in [2.45, 2.75) is 26.8 Å². The number of esters is 1. The fraction of sp³-hybridized carbons (Fsp3) is 0.500. The number of carbonyl (C=O) groups is 1. The van der Waals surface area contributed by atoms with Crippen molar-refractivity contribution in [2.75, 3.05) is 19.7 Å². The molecule has 1 rings (SSSR count). The molecular weight excluding hydrogens is 252 g/mol. The maximum absolute atomic E-state index is 12.3. The molecule has 20 heavy (non-hydrogen) atoms. The zero-order valence-corrected chi connectivity index (χ0v) is 12.4. The summed E-state index contributed by atoms with van der Waals surface area (Å²) in [5.74, 6) is -0.388. The van der Waals surface area contributed by atoms with Gasteiger partial charge in [-0.25, -0.2) is 4.79 Å². The van der Waals surface area contributed by atoms with Crippen LogP contribution in [0.2, 0.25) is 0 Å². The lowest BCUT2D eigenvalue weighted by Crippen LogP contribution is -2.37. The standard InChI is InChI=1S/C16H22N2O2/c1-4-18(12-13(3)11-17)15(16(19)20-5-2)14-9-7-6-8-10-14/h6-10,13,15H,4-5,12H2,1-3H3. The van der Waals surface area contributed by atoms with Gasteiger partial charge >= 0.3 is 5.97 Å². The molecule has 4 heteroatoms. The second kappa shape index (κ2) is 8.34. The largest absolute Gasteiger partial charge is 0.465 e. The van der Waals surface area contributed by atoms with Crippen LogP contribution in [0, 0.1) is 17.2 Å². The van der Waals surface area contributed by atoms with Crippen LogP contribution >= 0.6 is 0 Å². The number of hydrogen-bond donors (Lipinski definition) is 0. The van der Waals surface area contributed by atoms with E-state index in [9.17, 15) is 4.79 Å². The van der Waals surface area contributed by atoms with Crippen LogP contribution in [0.4, 0.5) is 0 Å². The molecule has 0 amide bonds. The van der Waals surface area contributed by atoms with Crippen molar-refractivity contribution in [3.05, 3.63) is 35.9 Å². The Labute approximate surface area is 121 Å². The van der Waals surface area contributed by atoms with Gasteiger partial charge in [0.1, 0.15) is 6.04 Å². The van der Waals surface area contributed by atoms with Crippen LogP contribution in [0.3, 0.4) is 0 Å². The fourth-order valence-corrected chi connectivity index (χ4v) is 2.16. The van der Waals surface area contributed by atoms with E-state index in [2.05, 4.69) is 6.07 Å². The Morgan fingerprint density at radius 3 is 2.50 bits per heavy atom. The highest BCUT2D eigenvalue weighted by atomic mass is 16.5. The van der Waals surface area contributed by atoms with E-state index in [0.29, 0.717) is 19.7 Å². The van der Waals surface area contributed by atoms with Gasteiger partial charge in [-0.3, -0.25) is 4.90 Å². The number of nitrogens with zero attached hydrogens (tertiary/aromatic N) is 2. The number of hydrogen-bond acceptors (Lipinski definition) is 4. The molecule has 0 bridgehead atoms. The van der Waals surface area contributed by atoms with E-state index < -0.39 is 6.04 Å². The van der Waals surface area contributed by atoms with Crippen LogP contribution in [0.5, 0.6) is 0 Å². The molecular formula is C16H22N2O2. The van der Waals surface area contributed by atoms with Crippen molar-refractivity contribution in [3.8, 4) is 6.07 Å². The molecule has 4 nitrogen and oxygen atoms in total. The molecule has 0 fully saturated rings. The summed E-state index contributed by atoms with van der Waals surface area (Å²) in [6.07, 6.45) is 0. The van der Waals surface area contributed by atoms with E-state index in [4.69, 9.17) is 10.00 Å². The predicted molar refractivity (Wildman–Crippen MR) is 77.8 cm³/mol. The maximum Gasteiger partial charge on any atom is 0.327 e. The smallest absolute Gasteiger partial charge is 0.327 e. The minimum Gasteiger partial charge on any atom is -0.465 e. The molecule has 0 heterocycles. The van der Waals surface area contributed by atoms with Crippen molar-refractivity contribution in [1.82, 2.24) is 4.90 Å². The van der Waals surface area contributed by atoms with Crippen molar-refractivity contribution in [3.63, 3.8) is 0 Å². The molecule has 0 aliphatic carbocycles. The van der Waals surface area contributed by atoms with Crippen molar-refractivity contribution >= 4 is 5.97 Å². The second-order valence-electron chi connectivity index (χ2n) is 4.68. The summed E-state index contributed by atoms with van der Waals surface area (Å²) in [4.78, 5) is 14.3. The van der Waals surface area contributed by atoms with Crippen LogP contribution in [-0.2, 0) is 9.53 Å². The van der Waals surface area contributed by atoms with Gasteiger partial charge in [-0.15, -0.1) is 0 Å².